The largest absolute Gasteiger partial charge is 0.378 e. The fraction of sp³-hybridized carbons (Fsp3) is 0.600. The van der Waals surface area contributed by atoms with Crippen LogP contribution in [0.4, 0.5) is 0 Å². The first-order chi connectivity index (χ1) is 8.63. The molecule has 2 nitrogen and oxygen atoms in total. The van der Waals surface area contributed by atoms with Gasteiger partial charge in [0.15, 0.2) is 0 Å². The first-order valence-corrected chi connectivity index (χ1v) is 7.69. The summed E-state index contributed by atoms with van der Waals surface area (Å²) in [6, 6.07) is 9.24. The van der Waals surface area contributed by atoms with E-state index in [1.807, 2.05) is 11.8 Å². The first-order valence-electron chi connectivity index (χ1n) is 6.71. The van der Waals surface area contributed by atoms with E-state index in [1.54, 1.807) is 0 Å². The van der Waals surface area contributed by atoms with Crippen molar-refractivity contribution in [1.29, 1.82) is 0 Å². The van der Waals surface area contributed by atoms with Crippen molar-refractivity contribution in [3.05, 3.63) is 29.8 Å². The Labute approximate surface area is 116 Å². The molecule has 0 bridgehead atoms. The van der Waals surface area contributed by atoms with E-state index < -0.39 is 0 Å². The summed E-state index contributed by atoms with van der Waals surface area (Å²) in [6.07, 6.45) is 0.328. The van der Waals surface area contributed by atoms with Gasteiger partial charge in [0, 0.05) is 16.7 Å². The monoisotopic (exact) mass is 267 g/mol. The van der Waals surface area contributed by atoms with Gasteiger partial charge in [0.05, 0.1) is 12.7 Å². The summed E-state index contributed by atoms with van der Waals surface area (Å²) < 4.78 is 5.53. The van der Waals surface area contributed by atoms with Crippen molar-refractivity contribution in [2.75, 3.05) is 18.9 Å². The van der Waals surface area contributed by atoms with Gasteiger partial charge in [0.25, 0.3) is 0 Å². The van der Waals surface area contributed by atoms with Gasteiger partial charge < -0.3 is 10.1 Å². The second-order valence-electron chi connectivity index (χ2n) is 4.62. The predicted molar refractivity (Wildman–Crippen MR) is 80.3 cm³/mol. The van der Waals surface area contributed by atoms with E-state index in [2.05, 4.69) is 57.3 Å². The maximum atomic E-state index is 5.53. The van der Waals surface area contributed by atoms with Crippen molar-refractivity contribution in [2.45, 2.75) is 44.7 Å². The second-order valence-corrected chi connectivity index (χ2v) is 5.78. The number of hydrogen-bond acceptors (Lipinski definition) is 3. The molecule has 3 heteroatoms. The second kappa shape index (κ2) is 8.57. The van der Waals surface area contributed by atoms with Gasteiger partial charge in [0.1, 0.15) is 0 Å². The van der Waals surface area contributed by atoms with Crippen LogP contribution in [0.15, 0.2) is 29.2 Å². The summed E-state index contributed by atoms with van der Waals surface area (Å²) in [5.41, 5.74) is 1.35. The maximum absolute atomic E-state index is 5.53. The lowest BCUT2D eigenvalue weighted by Gasteiger charge is -2.13. The Balaban J connectivity index is 2.36. The highest BCUT2D eigenvalue weighted by molar-refractivity contribution is 7.99. The molecule has 18 heavy (non-hydrogen) atoms. The van der Waals surface area contributed by atoms with Gasteiger partial charge in [-0.25, -0.2) is 0 Å². The number of benzene rings is 1. The van der Waals surface area contributed by atoms with E-state index in [9.17, 15) is 0 Å². The average molecular weight is 267 g/mol. The van der Waals surface area contributed by atoms with E-state index in [0.29, 0.717) is 12.1 Å². The minimum Gasteiger partial charge on any atom is -0.378 e. The van der Waals surface area contributed by atoms with E-state index >= 15 is 0 Å². The molecule has 1 rings (SSSR count). The summed E-state index contributed by atoms with van der Waals surface area (Å²) in [5.74, 6) is 1.01. The molecule has 0 saturated carbocycles. The number of nitrogens with one attached hydrogen (secondary N) is 1. The smallest absolute Gasteiger partial charge is 0.0563 e. The Kier molecular flexibility index (Phi) is 7.40. The van der Waals surface area contributed by atoms with Crippen molar-refractivity contribution in [1.82, 2.24) is 5.32 Å². The molecular formula is C15H25NOS. The van der Waals surface area contributed by atoms with Crippen LogP contribution in [0.3, 0.4) is 0 Å². The van der Waals surface area contributed by atoms with Crippen LogP contribution in [0, 0.1) is 0 Å². The van der Waals surface area contributed by atoms with Crippen LogP contribution in [-0.4, -0.2) is 25.0 Å². The molecule has 1 atom stereocenters. The summed E-state index contributed by atoms with van der Waals surface area (Å²) >= 11 is 1.85. The van der Waals surface area contributed by atoms with Crippen molar-refractivity contribution < 1.29 is 4.74 Å². The average Bonchev–Trinajstić information content (AvgIpc) is 2.35. The minimum atomic E-state index is 0.328. The van der Waals surface area contributed by atoms with Gasteiger partial charge >= 0.3 is 0 Å². The summed E-state index contributed by atoms with van der Waals surface area (Å²) in [7, 11) is 0. The fourth-order valence-electron chi connectivity index (χ4n) is 1.72. The summed E-state index contributed by atoms with van der Waals surface area (Å²) in [4.78, 5) is 1.31. The molecule has 0 amide bonds. The van der Waals surface area contributed by atoms with E-state index in [1.165, 1.54) is 10.5 Å². The first kappa shape index (κ1) is 15.5. The highest BCUT2D eigenvalue weighted by atomic mass is 32.2. The Bertz CT molecular complexity index is 324. The molecule has 0 aliphatic carbocycles. The molecule has 0 aliphatic rings. The zero-order valence-electron chi connectivity index (χ0n) is 11.9. The van der Waals surface area contributed by atoms with Gasteiger partial charge in [-0.3, -0.25) is 0 Å². The van der Waals surface area contributed by atoms with Gasteiger partial charge in [-0.1, -0.05) is 19.1 Å². The van der Waals surface area contributed by atoms with Gasteiger partial charge in [-0.15, -0.1) is 11.8 Å². The van der Waals surface area contributed by atoms with Crippen LogP contribution in [0.5, 0.6) is 0 Å². The van der Waals surface area contributed by atoms with Crippen LogP contribution < -0.4 is 5.32 Å². The predicted octanol–water partition coefficient (Wildman–Crippen LogP) is 3.87. The molecule has 0 radical (unpaired) electrons. The molecule has 0 aliphatic heterocycles. The number of rotatable bonds is 8. The molecular weight excluding hydrogens is 242 g/mol. The van der Waals surface area contributed by atoms with Crippen molar-refractivity contribution >= 4 is 11.8 Å². The Morgan fingerprint density at radius 3 is 2.39 bits per heavy atom. The highest BCUT2D eigenvalue weighted by Gasteiger charge is 2.03. The topological polar surface area (TPSA) is 21.3 Å². The van der Waals surface area contributed by atoms with Crippen LogP contribution in [0.1, 0.15) is 39.3 Å². The molecule has 0 spiro atoms. The minimum absolute atomic E-state index is 0.328. The Morgan fingerprint density at radius 1 is 1.17 bits per heavy atom. The van der Waals surface area contributed by atoms with Crippen molar-refractivity contribution in [3.63, 3.8) is 0 Å². The normalized spacial score (nSPS) is 12.9. The lowest BCUT2D eigenvalue weighted by Crippen LogP contribution is -2.17. The van der Waals surface area contributed by atoms with Gasteiger partial charge in [-0.2, -0.15) is 0 Å². The van der Waals surface area contributed by atoms with Crippen LogP contribution in [0.2, 0.25) is 0 Å². The zero-order chi connectivity index (χ0) is 13.4. The van der Waals surface area contributed by atoms with E-state index in [0.717, 1.165) is 18.9 Å². The summed E-state index contributed by atoms with van der Waals surface area (Å²) in [5, 5.41) is 3.42. The molecule has 0 saturated heterocycles. The van der Waals surface area contributed by atoms with Gasteiger partial charge in [-0.05, 0) is 45.0 Å². The lowest BCUT2D eigenvalue weighted by molar-refractivity contribution is 0.0920. The van der Waals surface area contributed by atoms with Crippen LogP contribution in [-0.2, 0) is 4.74 Å². The van der Waals surface area contributed by atoms with Crippen molar-refractivity contribution in [3.8, 4) is 0 Å². The summed E-state index contributed by atoms with van der Waals surface area (Å²) in [6.45, 7) is 10.3. The third kappa shape index (κ3) is 5.89. The molecule has 1 unspecified atom stereocenters. The SMILES string of the molecule is CCNC(C)c1ccc(SCCOC(C)C)cc1. The van der Waals surface area contributed by atoms with Crippen molar-refractivity contribution in [2.24, 2.45) is 0 Å². The molecule has 1 aromatic carbocycles. The zero-order valence-corrected chi connectivity index (χ0v) is 12.7. The van der Waals surface area contributed by atoms with E-state index in [4.69, 9.17) is 4.74 Å². The lowest BCUT2D eigenvalue weighted by atomic mass is 10.1. The molecule has 1 N–H and O–H groups in total. The van der Waals surface area contributed by atoms with Gasteiger partial charge in [0.2, 0.25) is 0 Å². The fourth-order valence-corrected chi connectivity index (χ4v) is 2.46. The van der Waals surface area contributed by atoms with Crippen LogP contribution in [0.25, 0.3) is 0 Å². The highest BCUT2D eigenvalue weighted by Crippen LogP contribution is 2.21. The number of ether oxygens (including phenoxy) is 1. The number of hydrogen-bond donors (Lipinski definition) is 1. The molecule has 1 aromatic rings. The third-order valence-corrected chi connectivity index (χ3v) is 3.67. The van der Waals surface area contributed by atoms with Crippen LogP contribution >= 0.6 is 11.8 Å². The Morgan fingerprint density at radius 2 is 1.83 bits per heavy atom. The van der Waals surface area contributed by atoms with E-state index in [-0.39, 0.29) is 0 Å². The Hall–Kier alpha value is -0.510. The maximum Gasteiger partial charge on any atom is 0.0563 e. The quantitative estimate of drug-likeness (QED) is 0.570. The third-order valence-electron chi connectivity index (χ3n) is 2.69. The molecule has 0 aromatic heterocycles. The molecule has 0 fully saturated rings. The molecule has 0 heterocycles. The number of thioether (sulfide) groups is 1. The molecule has 102 valence electrons. The standard InChI is InChI=1S/C15H25NOS/c1-5-16-13(4)14-6-8-15(9-7-14)18-11-10-17-12(2)3/h6-9,12-13,16H,5,10-11H2,1-4H3.